The van der Waals surface area contributed by atoms with Gasteiger partial charge >= 0.3 is 0 Å². The summed E-state index contributed by atoms with van der Waals surface area (Å²) in [7, 11) is 2.06. The summed E-state index contributed by atoms with van der Waals surface area (Å²) in [6, 6.07) is 8.39. The molecular weight excluding hydrogens is 312 g/mol. The van der Waals surface area contributed by atoms with Gasteiger partial charge in [-0.25, -0.2) is 9.97 Å². The van der Waals surface area contributed by atoms with E-state index in [1.165, 1.54) is 10.9 Å². The Morgan fingerprint density at radius 2 is 2.16 bits per heavy atom. The fraction of sp³-hybridized carbons (Fsp3) is 0.263. The summed E-state index contributed by atoms with van der Waals surface area (Å²) >= 11 is 0. The van der Waals surface area contributed by atoms with Crippen LogP contribution in [0, 0.1) is 0 Å². The summed E-state index contributed by atoms with van der Waals surface area (Å²) in [5.74, 6) is 1.99. The zero-order valence-corrected chi connectivity index (χ0v) is 14.1. The summed E-state index contributed by atoms with van der Waals surface area (Å²) < 4.78 is 4.26. The first-order valence-electron chi connectivity index (χ1n) is 8.61. The third kappa shape index (κ3) is 2.07. The van der Waals surface area contributed by atoms with Gasteiger partial charge in [-0.3, -0.25) is 4.40 Å². The fourth-order valence-electron chi connectivity index (χ4n) is 3.97. The number of nitrogen functional groups attached to an aromatic ring is 1. The van der Waals surface area contributed by atoms with Crippen molar-refractivity contribution in [2.24, 2.45) is 7.05 Å². The van der Waals surface area contributed by atoms with E-state index in [0.717, 1.165) is 42.1 Å². The first-order valence-corrected chi connectivity index (χ1v) is 8.61. The van der Waals surface area contributed by atoms with Crippen LogP contribution in [0.25, 0.3) is 27.7 Å². The van der Waals surface area contributed by atoms with E-state index in [4.69, 9.17) is 10.7 Å². The molecule has 25 heavy (non-hydrogen) atoms. The largest absolute Gasteiger partial charge is 0.382 e. The molecule has 4 heterocycles. The second-order valence-electron chi connectivity index (χ2n) is 6.71. The lowest BCUT2D eigenvalue weighted by Crippen LogP contribution is -2.10. The molecule has 1 unspecified atom stereocenters. The van der Waals surface area contributed by atoms with Crippen LogP contribution in [0.4, 0.5) is 5.82 Å². The van der Waals surface area contributed by atoms with Crippen molar-refractivity contribution in [3.63, 3.8) is 0 Å². The number of imidazole rings is 1. The number of nitrogens with two attached hydrogens (primary N) is 1. The minimum Gasteiger partial charge on any atom is -0.382 e. The third-order valence-electron chi connectivity index (χ3n) is 5.19. The Kier molecular flexibility index (Phi) is 3.08. The zero-order valence-electron chi connectivity index (χ0n) is 14.1. The Bertz CT molecular complexity index is 1080. The first kappa shape index (κ1) is 14.5. The minimum absolute atomic E-state index is 0.401. The van der Waals surface area contributed by atoms with Gasteiger partial charge in [0.05, 0.1) is 0 Å². The summed E-state index contributed by atoms with van der Waals surface area (Å²) in [5, 5.41) is 4.61. The first-order chi connectivity index (χ1) is 12.2. The number of fused-ring (bicyclic) bond motifs is 2. The molecule has 0 bridgehead atoms. The van der Waals surface area contributed by atoms with Crippen molar-refractivity contribution in [3.8, 4) is 11.3 Å². The van der Waals surface area contributed by atoms with Crippen LogP contribution in [0.3, 0.4) is 0 Å². The molecule has 3 aromatic heterocycles. The quantitative estimate of drug-likeness (QED) is 0.592. The third-order valence-corrected chi connectivity index (χ3v) is 5.19. The Balaban J connectivity index is 1.84. The average Bonchev–Trinajstić information content (AvgIpc) is 3.33. The van der Waals surface area contributed by atoms with Crippen LogP contribution in [0.1, 0.15) is 18.2 Å². The van der Waals surface area contributed by atoms with E-state index in [-0.39, 0.29) is 0 Å². The van der Waals surface area contributed by atoms with E-state index in [0.29, 0.717) is 11.7 Å². The molecule has 0 amide bonds. The topological polar surface area (TPSA) is 73.2 Å². The number of hydrogen-bond donors (Lipinski definition) is 2. The van der Waals surface area contributed by atoms with Crippen LogP contribution in [0.15, 0.2) is 42.9 Å². The monoisotopic (exact) mass is 332 g/mol. The number of nitrogens with one attached hydrogen (secondary N) is 1. The van der Waals surface area contributed by atoms with Gasteiger partial charge in [0, 0.05) is 54.6 Å². The number of hydrogen-bond acceptors (Lipinski definition) is 4. The number of anilines is 1. The molecule has 6 heteroatoms. The molecule has 0 aliphatic carbocycles. The van der Waals surface area contributed by atoms with Crippen LogP contribution >= 0.6 is 0 Å². The maximum Gasteiger partial charge on any atom is 0.150 e. The number of nitrogens with zero attached hydrogens (tertiary/aromatic N) is 4. The molecule has 1 aliphatic heterocycles. The lowest BCUT2D eigenvalue weighted by molar-refractivity contribution is 0.698. The lowest BCUT2D eigenvalue weighted by atomic mass is 10.1. The number of rotatable bonds is 2. The highest BCUT2D eigenvalue weighted by Crippen LogP contribution is 2.36. The summed E-state index contributed by atoms with van der Waals surface area (Å²) in [6.07, 6.45) is 6.95. The van der Waals surface area contributed by atoms with Crippen molar-refractivity contribution < 1.29 is 0 Å². The van der Waals surface area contributed by atoms with Crippen molar-refractivity contribution in [3.05, 3.63) is 48.7 Å². The van der Waals surface area contributed by atoms with E-state index < -0.39 is 0 Å². The molecule has 5 rings (SSSR count). The highest BCUT2D eigenvalue weighted by molar-refractivity contribution is 6.00. The normalized spacial score (nSPS) is 17.7. The predicted octanol–water partition coefficient (Wildman–Crippen LogP) is 2.55. The Morgan fingerprint density at radius 1 is 1.28 bits per heavy atom. The van der Waals surface area contributed by atoms with Crippen LogP contribution in [-0.4, -0.2) is 32.0 Å². The number of para-hydroxylation sites is 1. The summed E-state index contributed by atoms with van der Waals surface area (Å²) in [6.45, 7) is 1.99. The standard InChI is InChI=1S/C19H20N6/c1-24-11-14(13-4-2-3-5-15(13)24)16-17-18(20)22-8-9-25(17)19(23-16)12-6-7-21-10-12/h2-5,8-9,11-12,21H,6-7,10H2,1H3,(H2,20,22). The molecule has 1 saturated heterocycles. The van der Waals surface area contributed by atoms with E-state index >= 15 is 0 Å². The van der Waals surface area contributed by atoms with Crippen LogP contribution in [0.5, 0.6) is 0 Å². The molecule has 3 N–H and O–H groups in total. The van der Waals surface area contributed by atoms with Gasteiger partial charge in [-0.05, 0) is 19.0 Å². The predicted molar refractivity (Wildman–Crippen MR) is 99.5 cm³/mol. The molecule has 6 nitrogen and oxygen atoms in total. The van der Waals surface area contributed by atoms with Gasteiger partial charge in [0.2, 0.25) is 0 Å². The van der Waals surface area contributed by atoms with Crippen molar-refractivity contribution in [1.29, 1.82) is 0 Å². The van der Waals surface area contributed by atoms with Gasteiger partial charge in [0.1, 0.15) is 22.9 Å². The lowest BCUT2D eigenvalue weighted by Gasteiger charge is -2.07. The smallest absolute Gasteiger partial charge is 0.150 e. The molecule has 0 spiro atoms. The second-order valence-corrected chi connectivity index (χ2v) is 6.71. The average molecular weight is 332 g/mol. The number of benzene rings is 1. The van der Waals surface area contributed by atoms with Crippen molar-refractivity contribution >= 4 is 22.2 Å². The molecule has 126 valence electrons. The molecule has 4 aromatic rings. The maximum atomic E-state index is 6.26. The summed E-state index contributed by atoms with van der Waals surface area (Å²) in [5.41, 5.74) is 10.4. The van der Waals surface area contributed by atoms with E-state index in [9.17, 15) is 0 Å². The second kappa shape index (κ2) is 5.32. The van der Waals surface area contributed by atoms with Crippen molar-refractivity contribution in [2.45, 2.75) is 12.3 Å². The van der Waals surface area contributed by atoms with Crippen LogP contribution in [-0.2, 0) is 7.05 Å². The number of aromatic nitrogens is 4. The Hall–Kier alpha value is -2.86. The Labute approximate surface area is 145 Å². The number of aryl methyl sites for hydroxylation is 1. The Morgan fingerprint density at radius 3 is 3.00 bits per heavy atom. The molecule has 1 aromatic carbocycles. The van der Waals surface area contributed by atoms with Gasteiger partial charge < -0.3 is 15.6 Å². The van der Waals surface area contributed by atoms with E-state index in [1.807, 2.05) is 6.20 Å². The highest BCUT2D eigenvalue weighted by atomic mass is 15.1. The van der Waals surface area contributed by atoms with Gasteiger partial charge in [-0.1, -0.05) is 18.2 Å². The van der Waals surface area contributed by atoms with Crippen LogP contribution < -0.4 is 11.1 Å². The maximum absolute atomic E-state index is 6.26. The molecule has 0 saturated carbocycles. The molecular formula is C19H20N6. The van der Waals surface area contributed by atoms with Gasteiger partial charge in [-0.2, -0.15) is 0 Å². The highest BCUT2D eigenvalue weighted by Gasteiger charge is 2.25. The van der Waals surface area contributed by atoms with E-state index in [1.54, 1.807) is 6.20 Å². The van der Waals surface area contributed by atoms with Crippen molar-refractivity contribution in [1.82, 2.24) is 24.3 Å². The zero-order chi connectivity index (χ0) is 17.0. The van der Waals surface area contributed by atoms with Gasteiger partial charge in [-0.15, -0.1) is 0 Å². The fourth-order valence-corrected chi connectivity index (χ4v) is 3.97. The molecule has 1 aliphatic rings. The summed E-state index contributed by atoms with van der Waals surface area (Å²) in [4.78, 5) is 9.37. The van der Waals surface area contributed by atoms with Crippen molar-refractivity contribution in [2.75, 3.05) is 18.8 Å². The van der Waals surface area contributed by atoms with E-state index in [2.05, 4.69) is 56.8 Å². The SMILES string of the molecule is Cn1cc(-c2nc(C3CCNC3)n3ccnc(N)c23)c2ccccc21. The molecule has 1 fully saturated rings. The van der Waals surface area contributed by atoms with Gasteiger partial charge in [0.25, 0.3) is 0 Å². The van der Waals surface area contributed by atoms with Crippen LogP contribution in [0.2, 0.25) is 0 Å². The molecule has 0 radical (unpaired) electrons. The van der Waals surface area contributed by atoms with Gasteiger partial charge in [0.15, 0.2) is 0 Å². The minimum atomic E-state index is 0.401. The molecule has 1 atom stereocenters.